The van der Waals surface area contributed by atoms with Gasteiger partial charge in [0.05, 0.1) is 6.61 Å². The lowest BCUT2D eigenvalue weighted by molar-refractivity contribution is -0.131. The number of rotatable bonds is 9. The number of anilines is 1. The Bertz CT molecular complexity index is 839. The molecule has 0 unspecified atom stereocenters. The predicted molar refractivity (Wildman–Crippen MR) is 106 cm³/mol. The van der Waals surface area contributed by atoms with Crippen molar-refractivity contribution in [2.75, 3.05) is 18.1 Å². The number of aromatic nitrogens is 2. The topological polar surface area (TPSA) is 67.3 Å². The van der Waals surface area contributed by atoms with Crippen LogP contribution < -0.4 is 10.4 Å². The van der Waals surface area contributed by atoms with Crippen LogP contribution in [0.4, 0.5) is 5.13 Å². The lowest BCUT2D eigenvalue weighted by Crippen LogP contribution is -2.37. The van der Waals surface area contributed by atoms with Crippen molar-refractivity contribution in [2.24, 2.45) is 0 Å². The van der Waals surface area contributed by atoms with Crippen LogP contribution in [0.2, 0.25) is 0 Å². The zero-order chi connectivity index (χ0) is 18.9. The van der Waals surface area contributed by atoms with Gasteiger partial charge in [-0.15, -0.1) is 0 Å². The van der Waals surface area contributed by atoms with Crippen LogP contribution in [0.5, 0.6) is 0 Å². The van der Waals surface area contributed by atoms with Gasteiger partial charge in [0, 0.05) is 24.5 Å². The minimum Gasteiger partial charge on any atom is -0.333 e. The minimum absolute atomic E-state index is 0.148. The number of benzene rings is 2. The summed E-state index contributed by atoms with van der Waals surface area (Å²) in [6.45, 7) is 2.96. The summed E-state index contributed by atoms with van der Waals surface area (Å²) in [5.41, 5.74) is 4.70. The molecule has 0 fully saturated rings. The van der Waals surface area contributed by atoms with Gasteiger partial charge in [-0.2, -0.15) is 4.37 Å². The van der Waals surface area contributed by atoms with Crippen LogP contribution >= 0.6 is 11.5 Å². The first kappa shape index (κ1) is 19.0. The third-order valence-corrected chi connectivity index (χ3v) is 4.63. The summed E-state index contributed by atoms with van der Waals surface area (Å²) < 4.78 is 4.47. The highest BCUT2D eigenvalue weighted by molar-refractivity contribution is 7.09. The van der Waals surface area contributed by atoms with Crippen LogP contribution in [-0.2, 0) is 22.6 Å². The summed E-state index contributed by atoms with van der Waals surface area (Å²) in [5.74, 6) is 0.539. The number of hydrogen-bond donors (Lipinski definition) is 1. The van der Waals surface area contributed by atoms with Crippen molar-refractivity contribution in [3.05, 3.63) is 77.6 Å². The van der Waals surface area contributed by atoms with E-state index >= 15 is 0 Å². The molecule has 0 aliphatic rings. The van der Waals surface area contributed by atoms with Crippen molar-refractivity contribution in [3.63, 3.8) is 0 Å². The Hall–Kier alpha value is -2.77. The summed E-state index contributed by atoms with van der Waals surface area (Å²) in [5, 5.41) is 0.719. The average molecular weight is 382 g/mol. The maximum Gasteiger partial charge on any atom is 0.263 e. The predicted octanol–water partition coefficient (Wildman–Crippen LogP) is 3.20. The molecule has 2 aromatic carbocycles. The highest BCUT2D eigenvalue weighted by atomic mass is 32.1. The Morgan fingerprint density at radius 2 is 1.74 bits per heavy atom. The molecular formula is C20H22N4O2S. The van der Waals surface area contributed by atoms with E-state index in [-0.39, 0.29) is 12.5 Å². The fraction of sp³-hybridized carbons (Fsp3) is 0.250. The standard InChI is InChI=1S/C20H22N4O2S/c1-2-26-22-19(25)15-24(14-17-11-7-4-8-12-17)20-21-18(23-27-20)13-16-9-5-3-6-10-16/h3-12H,2,13-15H2,1H3,(H,22,25). The maximum absolute atomic E-state index is 12.2. The van der Waals surface area contributed by atoms with E-state index in [1.54, 1.807) is 0 Å². The van der Waals surface area contributed by atoms with E-state index < -0.39 is 0 Å². The summed E-state index contributed by atoms with van der Waals surface area (Å²) >= 11 is 1.31. The van der Waals surface area contributed by atoms with Crippen LogP contribution in [0.3, 0.4) is 0 Å². The molecule has 0 saturated heterocycles. The largest absolute Gasteiger partial charge is 0.333 e. The molecule has 0 aliphatic carbocycles. The van der Waals surface area contributed by atoms with Crippen molar-refractivity contribution in [1.82, 2.24) is 14.8 Å². The van der Waals surface area contributed by atoms with Gasteiger partial charge in [0.2, 0.25) is 5.13 Å². The lowest BCUT2D eigenvalue weighted by atomic mass is 10.1. The molecule has 0 bridgehead atoms. The first-order chi connectivity index (χ1) is 13.2. The molecule has 27 heavy (non-hydrogen) atoms. The fourth-order valence-electron chi connectivity index (χ4n) is 2.58. The number of carbonyl (C=O) groups is 1. The lowest BCUT2D eigenvalue weighted by Gasteiger charge is -2.20. The zero-order valence-corrected chi connectivity index (χ0v) is 16.0. The quantitative estimate of drug-likeness (QED) is 0.576. The van der Waals surface area contributed by atoms with E-state index in [1.807, 2.05) is 60.4 Å². The average Bonchev–Trinajstić information content (AvgIpc) is 3.16. The van der Waals surface area contributed by atoms with Gasteiger partial charge < -0.3 is 4.90 Å². The number of hydrogen-bond acceptors (Lipinski definition) is 6. The van der Waals surface area contributed by atoms with E-state index in [0.717, 1.165) is 22.1 Å². The Balaban J connectivity index is 1.74. The van der Waals surface area contributed by atoms with Gasteiger partial charge in [0.25, 0.3) is 5.91 Å². The molecule has 7 heteroatoms. The molecule has 0 atom stereocenters. The van der Waals surface area contributed by atoms with E-state index in [2.05, 4.69) is 27.0 Å². The smallest absolute Gasteiger partial charge is 0.263 e. The van der Waals surface area contributed by atoms with E-state index in [0.29, 0.717) is 19.6 Å². The summed E-state index contributed by atoms with van der Waals surface area (Å²) in [7, 11) is 0. The molecule has 0 spiro atoms. The first-order valence-electron chi connectivity index (χ1n) is 8.80. The number of carbonyl (C=O) groups excluding carboxylic acids is 1. The molecule has 0 saturated carbocycles. The van der Waals surface area contributed by atoms with Crippen LogP contribution in [0.25, 0.3) is 0 Å². The van der Waals surface area contributed by atoms with Gasteiger partial charge in [-0.3, -0.25) is 9.63 Å². The molecule has 0 radical (unpaired) electrons. The maximum atomic E-state index is 12.2. The van der Waals surface area contributed by atoms with E-state index in [4.69, 9.17) is 4.84 Å². The third kappa shape index (κ3) is 5.87. The van der Waals surface area contributed by atoms with E-state index in [1.165, 1.54) is 11.5 Å². The SMILES string of the molecule is CCONC(=O)CN(Cc1ccccc1)c1nc(Cc2ccccc2)ns1. The molecule has 140 valence electrons. The van der Waals surface area contributed by atoms with Gasteiger partial charge in [0.1, 0.15) is 12.4 Å². The first-order valence-corrected chi connectivity index (χ1v) is 9.58. The fourth-order valence-corrected chi connectivity index (χ4v) is 3.26. The molecular weight excluding hydrogens is 360 g/mol. The molecule has 0 aliphatic heterocycles. The summed E-state index contributed by atoms with van der Waals surface area (Å²) in [4.78, 5) is 23.7. The van der Waals surface area contributed by atoms with Crippen molar-refractivity contribution >= 4 is 22.6 Å². The Kier molecular flexibility index (Phi) is 6.90. The number of nitrogens with one attached hydrogen (secondary N) is 1. The van der Waals surface area contributed by atoms with Crippen LogP contribution in [0, 0.1) is 0 Å². The Labute approximate surface area is 162 Å². The van der Waals surface area contributed by atoms with Gasteiger partial charge in [-0.05, 0) is 18.1 Å². The number of amides is 1. The number of nitrogens with zero attached hydrogens (tertiary/aromatic N) is 3. The van der Waals surface area contributed by atoms with Crippen LogP contribution in [-0.4, -0.2) is 28.4 Å². The van der Waals surface area contributed by atoms with Crippen molar-refractivity contribution < 1.29 is 9.63 Å². The van der Waals surface area contributed by atoms with Crippen molar-refractivity contribution in [1.29, 1.82) is 0 Å². The monoisotopic (exact) mass is 382 g/mol. The summed E-state index contributed by atoms with van der Waals surface area (Å²) in [6.07, 6.45) is 0.668. The molecule has 1 amide bonds. The zero-order valence-electron chi connectivity index (χ0n) is 15.2. The van der Waals surface area contributed by atoms with E-state index in [9.17, 15) is 4.79 Å². The van der Waals surface area contributed by atoms with Crippen LogP contribution in [0.1, 0.15) is 23.9 Å². The molecule has 3 rings (SSSR count). The second-order valence-corrected chi connectivity index (χ2v) is 6.69. The highest BCUT2D eigenvalue weighted by Gasteiger charge is 2.17. The van der Waals surface area contributed by atoms with Gasteiger partial charge in [-0.1, -0.05) is 60.7 Å². The third-order valence-electron chi connectivity index (χ3n) is 3.81. The molecule has 1 heterocycles. The minimum atomic E-state index is -0.215. The van der Waals surface area contributed by atoms with Gasteiger partial charge in [-0.25, -0.2) is 10.5 Å². The molecule has 3 aromatic rings. The van der Waals surface area contributed by atoms with Crippen molar-refractivity contribution in [2.45, 2.75) is 19.9 Å². The number of hydroxylamine groups is 1. The van der Waals surface area contributed by atoms with Crippen LogP contribution in [0.15, 0.2) is 60.7 Å². The highest BCUT2D eigenvalue weighted by Crippen LogP contribution is 2.21. The van der Waals surface area contributed by atoms with Gasteiger partial charge in [0.15, 0.2) is 0 Å². The van der Waals surface area contributed by atoms with Gasteiger partial charge >= 0.3 is 0 Å². The second-order valence-electron chi connectivity index (χ2n) is 5.96. The Morgan fingerprint density at radius 3 is 2.41 bits per heavy atom. The Morgan fingerprint density at radius 1 is 1.07 bits per heavy atom. The molecule has 1 aromatic heterocycles. The summed E-state index contributed by atoms with van der Waals surface area (Å²) in [6, 6.07) is 20.1. The second kappa shape index (κ2) is 9.80. The normalized spacial score (nSPS) is 10.6. The molecule has 1 N–H and O–H groups in total. The van der Waals surface area contributed by atoms with Crippen molar-refractivity contribution in [3.8, 4) is 0 Å². The molecule has 6 nitrogen and oxygen atoms in total.